The molecule has 1 heterocycles. The molecule has 3 rings (SSSR count). The molecule has 1 N–H and O–H groups in total. The first-order valence-corrected chi connectivity index (χ1v) is 6.98. The van der Waals surface area contributed by atoms with Crippen molar-refractivity contribution in [3.8, 4) is 5.75 Å². The molecule has 0 bridgehead atoms. The van der Waals surface area contributed by atoms with Gasteiger partial charge in [0.05, 0.1) is 0 Å². The van der Waals surface area contributed by atoms with Crippen molar-refractivity contribution in [3.05, 3.63) is 29.3 Å². The molecule has 1 unspecified atom stereocenters. The van der Waals surface area contributed by atoms with E-state index < -0.39 is 0 Å². The van der Waals surface area contributed by atoms with Gasteiger partial charge in [0.2, 0.25) is 0 Å². The van der Waals surface area contributed by atoms with Crippen molar-refractivity contribution in [2.75, 3.05) is 33.2 Å². The zero-order valence-electron chi connectivity index (χ0n) is 11.1. The van der Waals surface area contributed by atoms with Gasteiger partial charge < -0.3 is 10.0 Å². The number of nitrogens with zero attached hydrogens (tertiary/aromatic N) is 2. The fourth-order valence-corrected chi connectivity index (χ4v) is 3.34. The number of benzene rings is 1. The summed E-state index contributed by atoms with van der Waals surface area (Å²) in [6, 6.07) is 6.48. The summed E-state index contributed by atoms with van der Waals surface area (Å²) in [6.45, 7) is 4.76. The van der Waals surface area contributed by atoms with E-state index in [1.54, 1.807) is 0 Å². The van der Waals surface area contributed by atoms with Gasteiger partial charge in [-0.15, -0.1) is 0 Å². The monoisotopic (exact) mass is 246 g/mol. The molecule has 0 amide bonds. The smallest absolute Gasteiger partial charge is 0.115 e. The molecule has 18 heavy (non-hydrogen) atoms. The molecule has 0 radical (unpaired) electrons. The van der Waals surface area contributed by atoms with Crippen LogP contribution in [-0.2, 0) is 6.42 Å². The Morgan fingerprint density at radius 3 is 2.94 bits per heavy atom. The molecule has 3 heteroatoms. The van der Waals surface area contributed by atoms with Crippen molar-refractivity contribution in [2.24, 2.45) is 0 Å². The Kier molecular flexibility index (Phi) is 3.27. The van der Waals surface area contributed by atoms with Crippen LogP contribution >= 0.6 is 0 Å². The van der Waals surface area contributed by atoms with E-state index in [1.807, 2.05) is 12.1 Å². The fraction of sp³-hybridized carbons (Fsp3) is 0.600. The van der Waals surface area contributed by atoms with Crippen LogP contribution in [0.4, 0.5) is 0 Å². The van der Waals surface area contributed by atoms with Crippen LogP contribution in [0.1, 0.15) is 30.0 Å². The van der Waals surface area contributed by atoms with Gasteiger partial charge in [0.1, 0.15) is 5.75 Å². The summed E-state index contributed by atoms with van der Waals surface area (Å²) in [6.07, 6.45) is 3.59. The topological polar surface area (TPSA) is 26.7 Å². The van der Waals surface area contributed by atoms with Crippen LogP contribution in [0.15, 0.2) is 18.2 Å². The Morgan fingerprint density at radius 2 is 2.06 bits per heavy atom. The van der Waals surface area contributed by atoms with Gasteiger partial charge in [-0.1, -0.05) is 6.07 Å². The fourth-order valence-electron chi connectivity index (χ4n) is 3.34. The largest absolute Gasteiger partial charge is 0.508 e. The first-order chi connectivity index (χ1) is 8.74. The van der Waals surface area contributed by atoms with Crippen LogP contribution in [0.5, 0.6) is 5.75 Å². The molecule has 1 aliphatic carbocycles. The Labute approximate surface area is 109 Å². The Bertz CT molecular complexity index is 433. The third-order valence-electron chi connectivity index (χ3n) is 4.37. The Hall–Kier alpha value is -1.06. The molecule has 1 aromatic carbocycles. The van der Waals surface area contributed by atoms with E-state index >= 15 is 0 Å². The maximum atomic E-state index is 9.55. The highest BCUT2D eigenvalue weighted by molar-refractivity contribution is 5.40. The van der Waals surface area contributed by atoms with Gasteiger partial charge in [-0.2, -0.15) is 0 Å². The molecule has 3 nitrogen and oxygen atoms in total. The standard InChI is InChI=1S/C15H22N2O/c1-16-7-2-8-17(10-9-16)15-6-3-12-11-13(18)4-5-14(12)15/h4-5,11,15,18H,2-3,6-10H2,1H3. The second kappa shape index (κ2) is 4.90. The number of phenolic OH excluding ortho intramolecular Hbond substituents is 1. The zero-order chi connectivity index (χ0) is 12.5. The molecule has 98 valence electrons. The summed E-state index contributed by atoms with van der Waals surface area (Å²) in [5, 5.41) is 9.55. The maximum Gasteiger partial charge on any atom is 0.115 e. The lowest BCUT2D eigenvalue weighted by Crippen LogP contribution is -2.31. The predicted molar refractivity (Wildman–Crippen MR) is 72.9 cm³/mol. The minimum atomic E-state index is 0.407. The summed E-state index contributed by atoms with van der Waals surface area (Å²) in [7, 11) is 2.21. The molecule has 2 aliphatic rings. The molecular formula is C15H22N2O. The number of hydrogen-bond acceptors (Lipinski definition) is 3. The predicted octanol–water partition coefficient (Wildman–Crippen LogP) is 2.02. The molecule has 1 aliphatic heterocycles. The second-order valence-electron chi connectivity index (χ2n) is 5.63. The molecule has 1 atom stereocenters. The number of phenols is 1. The summed E-state index contributed by atoms with van der Waals surface area (Å²) < 4.78 is 0. The third kappa shape index (κ3) is 2.25. The Balaban J connectivity index is 1.79. The summed E-state index contributed by atoms with van der Waals surface area (Å²) in [5.74, 6) is 0.407. The molecule has 1 saturated heterocycles. The molecular weight excluding hydrogens is 224 g/mol. The van der Waals surface area contributed by atoms with E-state index in [0.717, 1.165) is 6.42 Å². The third-order valence-corrected chi connectivity index (χ3v) is 4.37. The van der Waals surface area contributed by atoms with Gasteiger partial charge >= 0.3 is 0 Å². The van der Waals surface area contributed by atoms with Gasteiger partial charge in [0.25, 0.3) is 0 Å². The van der Waals surface area contributed by atoms with Crippen molar-refractivity contribution >= 4 is 0 Å². The minimum Gasteiger partial charge on any atom is -0.508 e. The number of fused-ring (bicyclic) bond motifs is 1. The molecule has 0 aromatic heterocycles. The van der Waals surface area contributed by atoms with E-state index in [2.05, 4.69) is 22.9 Å². The number of hydrogen-bond donors (Lipinski definition) is 1. The lowest BCUT2D eigenvalue weighted by Gasteiger charge is -2.28. The van der Waals surface area contributed by atoms with Gasteiger partial charge in [0.15, 0.2) is 0 Å². The SMILES string of the molecule is CN1CCCN(C2CCc3cc(O)ccc32)CC1. The summed E-state index contributed by atoms with van der Waals surface area (Å²) >= 11 is 0. The van der Waals surface area contributed by atoms with Crippen LogP contribution in [0.25, 0.3) is 0 Å². The van der Waals surface area contributed by atoms with Crippen LogP contribution in [0.3, 0.4) is 0 Å². The van der Waals surface area contributed by atoms with Crippen LogP contribution in [-0.4, -0.2) is 48.1 Å². The summed E-state index contributed by atoms with van der Waals surface area (Å²) in [5.41, 5.74) is 2.79. The van der Waals surface area contributed by atoms with Crippen molar-refractivity contribution in [2.45, 2.75) is 25.3 Å². The van der Waals surface area contributed by atoms with Crippen molar-refractivity contribution in [1.82, 2.24) is 9.80 Å². The molecule has 0 saturated carbocycles. The van der Waals surface area contributed by atoms with Crippen LogP contribution in [0.2, 0.25) is 0 Å². The van der Waals surface area contributed by atoms with Gasteiger partial charge in [-0.05, 0) is 56.1 Å². The van der Waals surface area contributed by atoms with E-state index in [-0.39, 0.29) is 0 Å². The van der Waals surface area contributed by atoms with Crippen LogP contribution in [0, 0.1) is 0 Å². The average Bonchev–Trinajstić information content (AvgIpc) is 2.64. The number of likely N-dealkylation sites (N-methyl/N-ethyl adjacent to an activating group) is 1. The normalized spacial score (nSPS) is 25.9. The average molecular weight is 246 g/mol. The van der Waals surface area contributed by atoms with Gasteiger partial charge in [-0.3, -0.25) is 4.90 Å². The number of rotatable bonds is 1. The lowest BCUT2D eigenvalue weighted by molar-refractivity contribution is 0.203. The highest BCUT2D eigenvalue weighted by Crippen LogP contribution is 2.37. The first-order valence-electron chi connectivity index (χ1n) is 6.98. The van der Waals surface area contributed by atoms with E-state index in [9.17, 15) is 5.11 Å². The van der Waals surface area contributed by atoms with E-state index in [0.29, 0.717) is 11.8 Å². The quantitative estimate of drug-likeness (QED) is 0.821. The highest BCUT2D eigenvalue weighted by atomic mass is 16.3. The second-order valence-corrected chi connectivity index (χ2v) is 5.63. The van der Waals surface area contributed by atoms with Crippen molar-refractivity contribution < 1.29 is 5.11 Å². The molecule has 1 fully saturated rings. The first kappa shape index (κ1) is 12.0. The number of aryl methyl sites for hydroxylation is 1. The zero-order valence-corrected chi connectivity index (χ0v) is 11.1. The van der Waals surface area contributed by atoms with Crippen LogP contribution < -0.4 is 0 Å². The highest BCUT2D eigenvalue weighted by Gasteiger charge is 2.28. The van der Waals surface area contributed by atoms with Gasteiger partial charge in [-0.25, -0.2) is 0 Å². The minimum absolute atomic E-state index is 0.407. The molecule has 0 spiro atoms. The Morgan fingerprint density at radius 1 is 1.17 bits per heavy atom. The molecule has 1 aromatic rings. The maximum absolute atomic E-state index is 9.55. The van der Waals surface area contributed by atoms with Crippen molar-refractivity contribution in [1.29, 1.82) is 0 Å². The van der Waals surface area contributed by atoms with Gasteiger partial charge in [0, 0.05) is 25.7 Å². The number of aromatic hydroxyl groups is 1. The van der Waals surface area contributed by atoms with E-state index in [4.69, 9.17) is 0 Å². The van der Waals surface area contributed by atoms with Crippen molar-refractivity contribution in [3.63, 3.8) is 0 Å². The summed E-state index contributed by atoms with van der Waals surface area (Å²) in [4.78, 5) is 5.05. The lowest BCUT2D eigenvalue weighted by atomic mass is 10.1. The van der Waals surface area contributed by atoms with E-state index in [1.165, 1.54) is 50.1 Å².